The molecule has 1 saturated carbocycles. The van der Waals surface area contributed by atoms with Gasteiger partial charge >= 0.3 is 0 Å². The molecule has 1 aliphatic carbocycles. The van der Waals surface area contributed by atoms with E-state index in [1.807, 2.05) is 12.1 Å². The normalized spacial score (nSPS) is 22.5. The number of nitro benzene ring substituents is 1. The number of anilines is 1. The van der Waals surface area contributed by atoms with Gasteiger partial charge in [0.1, 0.15) is 0 Å². The zero-order valence-electron chi connectivity index (χ0n) is 11.6. The van der Waals surface area contributed by atoms with E-state index in [2.05, 4.69) is 10.2 Å². The van der Waals surface area contributed by atoms with Gasteiger partial charge in [-0.2, -0.15) is 0 Å². The molecule has 1 aliphatic heterocycles. The summed E-state index contributed by atoms with van der Waals surface area (Å²) >= 11 is 0. The number of nitrogens with zero attached hydrogens (tertiary/aromatic N) is 2. The highest BCUT2D eigenvalue weighted by molar-refractivity contribution is 5.52. The van der Waals surface area contributed by atoms with Crippen LogP contribution < -0.4 is 10.2 Å². The van der Waals surface area contributed by atoms with E-state index in [1.165, 1.54) is 25.7 Å². The zero-order chi connectivity index (χ0) is 13.9. The molecule has 1 aromatic carbocycles. The summed E-state index contributed by atoms with van der Waals surface area (Å²) < 4.78 is 0. The van der Waals surface area contributed by atoms with Gasteiger partial charge in [-0.15, -0.1) is 0 Å². The molecule has 1 atom stereocenters. The molecule has 1 unspecified atom stereocenters. The minimum absolute atomic E-state index is 0.170. The first-order valence-electron chi connectivity index (χ1n) is 7.46. The van der Waals surface area contributed by atoms with Gasteiger partial charge in [-0.1, -0.05) is 0 Å². The Morgan fingerprint density at radius 2 is 2.00 bits per heavy atom. The van der Waals surface area contributed by atoms with Crippen LogP contribution in [-0.4, -0.2) is 30.6 Å². The van der Waals surface area contributed by atoms with Crippen LogP contribution in [0.5, 0.6) is 0 Å². The standard InChI is InChI=1S/C15H21N3O2/c19-18(20)15-7-5-14(6-8-15)17(13-3-4-13)11-12-2-1-9-16-10-12/h5-8,12-13,16H,1-4,9-11H2. The summed E-state index contributed by atoms with van der Waals surface area (Å²) in [6.45, 7) is 3.29. The van der Waals surface area contributed by atoms with E-state index >= 15 is 0 Å². The maximum Gasteiger partial charge on any atom is 0.269 e. The molecule has 1 N–H and O–H groups in total. The Labute approximate surface area is 119 Å². The molecule has 0 aromatic heterocycles. The number of non-ortho nitro benzene ring substituents is 1. The van der Waals surface area contributed by atoms with E-state index in [0.29, 0.717) is 12.0 Å². The van der Waals surface area contributed by atoms with Crippen molar-refractivity contribution in [2.75, 3.05) is 24.5 Å². The zero-order valence-corrected chi connectivity index (χ0v) is 11.6. The minimum Gasteiger partial charge on any atom is -0.368 e. The molecule has 0 spiro atoms. The Morgan fingerprint density at radius 1 is 1.25 bits per heavy atom. The molecular formula is C15H21N3O2. The highest BCUT2D eigenvalue weighted by Gasteiger charge is 2.31. The summed E-state index contributed by atoms with van der Waals surface area (Å²) in [7, 11) is 0. The predicted octanol–water partition coefficient (Wildman–Crippen LogP) is 2.56. The fourth-order valence-electron chi connectivity index (χ4n) is 2.98. The van der Waals surface area contributed by atoms with E-state index in [4.69, 9.17) is 0 Å². The average molecular weight is 275 g/mol. The quantitative estimate of drug-likeness (QED) is 0.663. The first kappa shape index (κ1) is 13.4. The lowest BCUT2D eigenvalue weighted by Gasteiger charge is -2.31. The summed E-state index contributed by atoms with van der Waals surface area (Å²) in [5.74, 6) is 0.694. The minimum atomic E-state index is -0.337. The smallest absolute Gasteiger partial charge is 0.269 e. The molecule has 1 saturated heterocycles. The van der Waals surface area contributed by atoms with E-state index < -0.39 is 0 Å². The van der Waals surface area contributed by atoms with Crippen LogP contribution in [0.25, 0.3) is 0 Å². The molecule has 20 heavy (non-hydrogen) atoms. The number of hydrogen-bond donors (Lipinski definition) is 1. The van der Waals surface area contributed by atoms with Crippen LogP contribution in [0, 0.1) is 16.0 Å². The second-order valence-electron chi connectivity index (χ2n) is 5.87. The number of hydrogen-bond acceptors (Lipinski definition) is 4. The number of nitrogens with one attached hydrogen (secondary N) is 1. The number of rotatable bonds is 5. The van der Waals surface area contributed by atoms with Crippen molar-refractivity contribution in [1.29, 1.82) is 0 Å². The Morgan fingerprint density at radius 3 is 2.55 bits per heavy atom. The van der Waals surface area contributed by atoms with Crippen molar-refractivity contribution in [3.63, 3.8) is 0 Å². The van der Waals surface area contributed by atoms with Crippen molar-refractivity contribution in [1.82, 2.24) is 5.32 Å². The van der Waals surface area contributed by atoms with Gasteiger partial charge in [0.2, 0.25) is 0 Å². The van der Waals surface area contributed by atoms with Crippen LogP contribution in [0.1, 0.15) is 25.7 Å². The molecule has 3 rings (SSSR count). The maximum absolute atomic E-state index is 10.7. The Bertz CT molecular complexity index is 465. The Balaban J connectivity index is 1.71. The second kappa shape index (κ2) is 5.79. The number of nitro groups is 1. The van der Waals surface area contributed by atoms with Gasteiger partial charge in [0.05, 0.1) is 4.92 Å². The summed E-state index contributed by atoms with van der Waals surface area (Å²) in [5, 5.41) is 14.2. The van der Waals surface area contributed by atoms with Crippen molar-refractivity contribution < 1.29 is 4.92 Å². The molecule has 0 radical (unpaired) electrons. The van der Waals surface area contributed by atoms with Crippen molar-refractivity contribution in [3.8, 4) is 0 Å². The van der Waals surface area contributed by atoms with Gasteiger partial charge in [0, 0.05) is 30.4 Å². The van der Waals surface area contributed by atoms with Crippen LogP contribution in [-0.2, 0) is 0 Å². The summed E-state index contributed by atoms with van der Waals surface area (Å²) in [5.41, 5.74) is 1.30. The third kappa shape index (κ3) is 3.10. The van der Waals surface area contributed by atoms with Crippen LogP contribution in [0.3, 0.4) is 0 Å². The summed E-state index contributed by atoms with van der Waals surface area (Å²) in [6.07, 6.45) is 5.03. The van der Waals surface area contributed by atoms with Crippen molar-refractivity contribution in [3.05, 3.63) is 34.4 Å². The topological polar surface area (TPSA) is 58.4 Å². The van der Waals surface area contributed by atoms with Crippen LogP contribution in [0.2, 0.25) is 0 Å². The van der Waals surface area contributed by atoms with E-state index in [1.54, 1.807) is 12.1 Å². The van der Waals surface area contributed by atoms with E-state index in [-0.39, 0.29) is 10.6 Å². The molecule has 5 nitrogen and oxygen atoms in total. The monoisotopic (exact) mass is 275 g/mol. The largest absolute Gasteiger partial charge is 0.368 e. The second-order valence-corrected chi connectivity index (χ2v) is 5.87. The molecule has 108 valence electrons. The summed E-state index contributed by atoms with van der Waals surface area (Å²) in [6, 6.07) is 7.66. The fraction of sp³-hybridized carbons (Fsp3) is 0.600. The van der Waals surface area contributed by atoms with Gasteiger partial charge in [-0.05, 0) is 56.8 Å². The summed E-state index contributed by atoms with van der Waals surface area (Å²) in [4.78, 5) is 12.8. The molecule has 0 amide bonds. The van der Waals surface area contributed by atoms with Gasteiger partial charge in [0.25, 0.3) is 5.69 Å². The lowest BCUT2D eigenvalue weighted by Crippen LogP contribution is -2.39. The molecule has 5 heteroatoms. The van der Waals surface area contributed by atoms with Crippen LogP contribution in [0.15, 0.2) is 24.3 Å². The number of piperidine rings is 1. The van der Waals surface area contributed by atoms with Crippen molar-refractivity contribution in [2.24, 2.45) is 5.92 Å². The molecule has 0 bridgehead atoms. The Hall–Kier alpha value is -1.62. The fourth-order valence-corrected chi connectivity index (χ4v) is 2.98. The predicted molar refractivity (Wildman–Crippen MR) is 79.1 cm³/mol. The highest BCUT2D eigenvalue weighted by Crippen LogP contribution is 2.33. The SMILES string of the molecule is O=[N+]([O-])c1ccc(N(CC2CCCNC2)C2CC2)cc1. The lowest BCUT2D eigenvalue weighted by molar-refractivity contribution is -0.384. The van der Waals surface area contributed by atoms with Crippen LogP contribution in [0.4, 0.5) is 11.4 Å². The first-order valence-corrected chi connectivity index (χ1v) is 7.46. The molecule has 1 heterocycles. The van der Waals surface area contributed by atoms with Gasteiger partial charge in [-0.3, -0.25) is 10.1 Å². The maximum atomic E-state index is 10.7. The lowest BCUT2D eigenvalue weighted by atomic mass is 9.98. The van der Waals surface area contributed by atoms with E-state index in [0.717, 1.165) is 25.3 Å². The third-order valence-corrected chi connectivity index (χ3v) is 4.23. The first-order chi connectivity index (χ1) is 9.74. The van der Waals surface area contributed by atoms with Crippen molar-refractivity contribution in [2.45, 2.75) is 31.7 Å². The molecule has 2 aliphatic rings. The van der Waals surface area contributed by atoms with E-state index in [9.17, 15) is 10.1 Å². The highest BCUT2D eigenvalue weighted by atomic mass is 16.6. The van der Waals surface area contributed by atoms with Crippen molar-refractivity contribution >= 4 is 11.4 Å². The van der Waals surface area contributed by atoms with Gasteiger partial charge in [0.15, 0.2) is 0 Å². The average Bonchev–Trinajstić information content (AvgIpc) is 3.30. The molecular weight excluding hydrogens is 254 g/mol. The van der Waals surface area contributed by atoms with Gasteiger partial charge < -0.3 is 10.2 Å². The number of benzene rings is 1. The van der Waals surface area contributed by atoms with Gasteiger partial charge in [-0.25, -0.2) is 0 Å². The molecule has 1 aromatic rings. The van der Waals surface area contributed by atoms with Crippen LogP contribution >= 0.6 is 0 Å². The Kier molecular flexibility index (Phi) is 3.87. The molecule has 2 fully saturated rings. The third-order valence-electron chi connectivity index (χ3n) is 4.23.